The van der Waals surface area contributed by atoms with Gasteiger partial charge in [-0.2, -0.15) is 5.10 Å². The van der Waals surface area contributed by atoms with E-state index in [0.29, 0.717) is 17.1 Å². The first-order valence-corrected chi connectivity index (χ1v) is 5.17. The van der Waals surface area contributed by atoms with Crippen molar-refractivity contribution in [2.75, 3.05) is 12.8 Å². The van der Waals surface area contributed by atoms with Crippen LogP contribution in [-0.4, -0.2) is 16.9 Å². The third-order valence-electron chi connectivity index (χ3n) is 2.74. The van der Waals surface area contributed by atoms with Gasteiger partial charge in [-0.15, -0.1) is 0 Å². The molecule has 0 spiro atoms. The monoisotopic (exact) mass is 235 g/mol. The molecule has 0 aliphatic carbocycles. The van der Waals surface area contributed by atoms with Crippen molar-refractivity contribution < 1.29 is 9.13 Å². The van der Waals surface area contributed by atoms with Crippen molar-refractivity contribution in [3.8, 4) is 17.0 Å². The Morgan fingerprint density at radius 3 is 2.65 bits per heavy atom. The van der Waals surface area contributed by atoms with Gasteiger partial charge in [-0.1, -0.05) is 0 Å². The summed E-state index contributed by atoms with van der Waals surface area (Å²) in [5.41, 5.74) is 7.97. The maximum atomic E-state index is 13.3. The molecule has 1 heterocycles. The van der Waals surface area contributed by atoms with Crippen LogP contribution < -0.4 is 10.5 Å². The summed E-state index contributed by atoms with van der Waals surface area (Å²) >= 11 is 0. The molecule has 0 atom stereocenters. The molecule has 1 aromatic carbocycles. The maximum Gasteiger partial charge on any atom is 0.149 e. The van der Waals surface area contributed by atoms with Gasteiger partial charge in [0.15, 0.2) is 0 Å². The summed E-state index contributed by atoms with van der Waals surface area (Å²) < 4.78 is 20.2. The molecule has 5 heteroatoms. The van der Waals surface area contributed by atoms with Gasteiger partial charge in [-0.05, 0) is 25.1 Å². The highest BCUT2D eigenvalue weighted by atomic mass is 19.1. The molecule has 0 aliphatic heterocycles. The topological polar surface area (TPSA) is 53.1 Å². The summed E-state index contributed by atoms with van der Waals surface area (Å²) in [5, 5.41) is 4.11. The summed E-state index contributed by atoms with van der Waals surface area (Å²) in [4.78, 5) is 0. The summed E-state index contributed by atoms with van der Waals surface area (Å²) in [6.07, 6.45) is 0. The summed E-state index contributed by atoms with van der Waals surface area (Å²) in [7, 11) is 3.31. The number of nitrogen functional groups attached to an aromatic ring is 1. The number of aromatic nitrogens is 2. The van der Waals surface area contributed by atoms with Gasteiger partial charge >= 0.3 is 0 Å². The van der Waals surface area contributed by atoms with Gasteiger partial charge in [-0.3, -0.25) is 4.68 Å². The molecule has 4 nitrogen and oxygen atoms in total. The minimum atomic E-state index is -0.319. The molecule has 0 bridgehead atoms. The van der Waals surface area contributed by atoms with Crippen LogP contribution in [0.3, 0.4) is 0 Å². The predicted molar refractivity (Wildman–Crippen MR) is 64.3 cm³/mol. The Balaban J connectivity index is 2.71. The Bertz CT molecular complexity index is 563. The zero-order valence-electron chi connectivity index (χ0n) is 9.99. The minimum absolute atomic E-state index is 0.319. The fourth-order valence-corrected chi connectivity index (χ4v) is 1.89. The molecular weight excluding hydrogens is 221 g/mol. The van der Waals surface area contributed by atoms with Crippen molar-refractivity contribution >= 4 is 5.82 Å². The van der Waals surface area contributed by atoms with Crippen LogP contribution >= 0.6 is 0 Å². The van der Waals surface area contributed by atoms with Gasteiger partial charge in [0.1, 0.15) is 17.4 Å². The lowest BCUT2D eigenvalue weighted by molar-refractivity contribution is 0.415. The first kappa shape index (κ1) is 11.4. The standard InChI is InChI=1S/C12H14FN3O/c1-7-11(16(2)15-12(7)14)9-6-8(13)4-5-10(9)17-3/h4-6H,1-3H3,(H2,14,15). The zero-order chi connectivity index (χ0) is 12.6. The van der Waals surface area contributed by atoms with Crippen LogP contribution in [0.15, 0.2) is 18.2 Å². The average Bonchev–Trinajstić information content (AvgIpc) is 2.53. The Hall–Kier alpha value is -2.04. The fraction of sp³-hybridized carbons (Fsp3) is 0.250. The van der Waals surface area contributed by atoms with Crippen molar-refractivity contribution in [2.24, 2.45) is 7.05 Å². The number of rotatable bonds is 2. The van der Waals surface area contributed by atoms with E-state index in [1.807, 2.05) is 6.92 Å². The molecular formula is C12H14FN3O. The molecule has 2 aromatic rings. The van der Waals surface area contributed by atoms with E-state index < -0.39 is 0 Å². The Morgan fingerprint density at radius 2 is 2.12 bits per heavy atom. The number of ether oxygens (including phenoxy) is 1. The van der Waals surface area contributed by atoms with Crippen LogP contribution in [0.1, 0.15) is 5.56 Å². The number of anilines is 1. The second kappa shape index (κ2) is 4.08. The third kappa shape index (κ3) is 1.84. The molecule has 0 saturated carbocycles. The van der Waals surface area contributed by atoms with Gasteiger partial charge < -0.3 is 10.5 Å². The van der Waals surface area contributed by atoms with E-state index in [0.717, 1.165) is 11.3 Å². The summed E-state index contributed by atoms with van der Waals surface area (Å²) in [6.45, 7) is 1.85. The van der Waals surface area contributed by atoms with E-state index in [2.05, 4.69) is 5.10 Å². The first-order chi connectivity index (χ1) is 8.04. The molecule has 0 radical (unpaired) electrons. The Morgan fingerprint density at radius 1 is 1.41 bits per heavy atom. The number of halogens is 1. The molecule has 0 saturated heterocycles. The number of hydrogen-bond acceptors (Lipinski definition) is 3. The van der Waals surface area contributed by atoms with Crippen molar-refractivity contribution in [3.63, 3.8) is 0 Å². The highest BCUT2D eigenvalue weighted by molar-refractivity contribution is 5.73. The largest absolute Gasteiger partial charge is 0.496 e. The molecule has 1 aromatic heterocycles. The average molecular weight is 235 g/mol. The molecule has 0 aliphatic rings. The predicted octanol–water partition coefficient (Wildman–Crippen LogP) is 2.13. The number of hydrogen-bond donors (Lipinski definition) is 1. The highest BCUT2D eigenvalue weighted by Gasteiger charge is 2.16. The van der Waals surface area contributed by atoms with E-state index >= 15 is 0 Å². The lowest BCUT2D eigenvalue weighted by atomic mass is 10.1. The lowest BCUT2D eigenvalue weighted by Crippen LogP contribution is -1.97. The number of nitrogens with zero attached hydrogens (tertiary/aromatic N) is 2. The highest BCUT2D eigenvalue weighted by Crippen LogP contribution is 2.34. The van der Waals surface area contributed by atoms with Gasteiger partial charge in [0.2, 0.25) is 0 Å². The molecule has 17 heavy (non-hydrogen) atoms. The second-order valence-electron chi connectivity index (χ2n) is 3.83. The number of methoxy groups -OCH3 is 1. The number of aryl methyl sites for hydroxylation is 1. The normalized spacial score (nSPS) is 10.6. The Kier molecular flexibility index (Phi) is 2.75. The van der Waals surface area contributed by atoms with E-state index in [4.69, 9.17) is 10.5 Å². The third-order valence-corrected chi connectivity index (χ3v) is 2.74. The van der Waals surface area contributed by atoms with Gasteiger partial charge in [0, 0.05) is 18.2 Å². The first-order valence-electron chi connectivity index (χ1n) is 5.17. The van der Waals surface area contributed by atoms with E-state index in [9.17, 15) is 4.39 Å². The van der Waals surface area contributed by atoms with Crippen LogP contribution in [0.5, 0.6) is 5.75 Å². The molecule has 0 unspecified atom stereocenters. The molecule has 0 amide bonds. The minimum Gasteiger partial charge on any atom is -0.496 e. The van der Waals surface area contributed by atoms with Crippen molar-refractivity contribution in [3.05, 3.63) is 29.6 Å². The van der Waals surface area contributed by atoms with Crippen LogP contribution in [0, 0.1) is 12.7 Å². The van der Waals surface area contributed by atoms with Gasteiger partial charge in [0.05, 0.1) is 12.8 Å². The van der Waals surface area contributed by atoms with Crippen molar-refractivity contribution in [1.29, 1.82) is 0 Å². The smallest absolute Gasteiger partial charge is 0.149 e. The van der Waals surface area contributed by atoms with Crippen molar-refractivity contribution in [1.82, 2.24) is 9.78 Å². The van der Waals surface area contributed by atoms with Crippen LogP contribution in [0.4, 0.5) is 10.2 Å². The van der Waals surface area contributed by atoms with E-state index in [-0.39, 0.29) is 5.82 Å². The van der Waals surface area contributed by atoms with Crippen molar-refractivity contribution in [2.45, 2.75) is 6.92 Å². The van der Waals surface area contributed by atoms with Gasteiger partial charge in [0.25, 0.3) is 0 Å². The molecule has 90 valence electrons. The zero-order valence-corrected chi connectivity index (χ0v) is 9.99. The molecule has 2 N–H and O–H groups in total. The lowest BCUT2D eigenvalue weighted by Gasteiger charge is -2.09. The maximum absolute atomic E-state index is 13.3. The van der Waals surface area contributed by atoms with E-state index in [1.165, 1.54) is 12.1 Å². The summed E-state index contributed by atoms with van der Waals surface area (Å²) in [6, 6.07) is 4.37. The quantitative estimate of drug-likeness (QED) is 0.867. The van der Waals surface area contributed by atoms with Crippen LogP contribution in [0.25, 0.3) is 11.3 Å². The second-order valence-corrected chi connectivity index (χ2v) is 3.83. The number of nitrogens with two attached hydrogens (primary N) is 1. The number of benzene rings is 1. The summed E-state index contributed by atoms with van der Waals surface area (Å²) in [5.74, 6) is 0.714. The van der Waals surface area contributed by atoms with Crippen LogP contribution in [0.2, 0.25) is 0 Å². The van der Waals surface area contributed by atoms with E-state index in [1.54, 1.807) is 24.9 Å². The fourth-order valence-electron chi connectivity index (χ4n) is 1.89. The van der Waals surface area contributed by atoms with Gasteiger partial charge in [-0.25, -0.2) is 4.39 Å². The molecule has 2 rings (SSSR count). The molecule has 0 fully saturated rings. The van der Waals surface area contributed by atoms with Crippen LogP contribution in [-0.2, 0) is 7.05 Å². The Labute approximate surface area is 98.8 Å². The SMILES string of the molecule is COc1ccc(F)cc1-c1c(C)c(N)nn1C.